The lowest BCUT2D eigenvalue weighted by Crippen LogP contribution is -2.06. The average molecular weight is 210 g/mol. The van der Waals surface area contributed by atoms with Gasteiger partial charge in [0.05, 0.1) is 6.10 Å². The van der Waals surface area contributed by atoms with E-state index in [2.05, 4.69) is 32.9 Å². The van der Waals surface area contributed by atoms with Crippen molar-refractivity contribution in [3.05, 3.63) is 24.3 Å². The Hall–Kier alpha value is -0.630. The van der Waals surface area contributed by atoms with Crippen molar-refractivity contribution in [2.24, 2.45) is 0 Å². The summed E-state index contributed by atoms with van der Waals surface area (Å²) in [5.74, 6) is 2.17. The summed E-state index contributed by atoms with van der Waals surface area (Å²) in [6, 6.07) is 8.24. The fourth-order valence-electron chi connectivity index (χ4n) is 1.13. The number of rotatable bonds is 5. The van der Waals surface area contributed by atoms with E-state index in [0.29, 0.717) is 0 Å². The first-order valence-corrected chi connectivity index (χ1v) is 6.11. The number of thioether (sulfide) groups is 1. The molecule has 0 amide bonds. The van der Waals surface area contributed by atoms with Crippen molar-refractivity contribution in [3.8, 4) is 5.75 Å². The molecule has 1 aromatic rings. The quantitative estimate of drug-likeness (QED) is 0.680. The average Bonchev–Trinajstić information content (AvgIpc) is 2.16. The van der Waals surface area contributed by atoms with Crippen molar-refractivity contribution in [1.29, 1.82) is 0 Å². The molecule has 14 heavy (non-hydrogen) atoms. The third-order valence-corrected chi connectivity index (χ3v) is 2.93. The molecule has 0 spiro atoms. The van der Waals surface area contributed by atoms with E-state index in [1.165, 1.54) is 11.3 Å². The van der Waals surface area contributed by atoms with Gasteiger partial charge in [0.25, 0.3) is 0 Å². The van der Waals surface area contributed by atoms with Gasteiger partial charge in [-0.2, -0.15) is 0 Å². The molecular weight excluding hydrogens is 192 g/mol. The molecule has 1 nitrogen and oxygen atoms in total. The van der Waals surface area contributed by atoms with Crippen LogP contribution in [0.1, 0.15) is 27.2 Å². The molecule has 2 heteroatoms. The third kappa shape index (κ3) is 3.62. The molecular formula is C12H18OS. The SMILES string of the molecule is CCCSc1ccccc1OC(C)C. The Labute approximate surface area is 90.9 Å². The standard InChI is InChI=1S/C12H18OS/c1-4-9-14-12-8-6-5-7-11(12)13-10(2)3/h5-8,10H,4,9H2,1-3H3. The molecule has 1 aromatic carbocycles. The first-order chi connectivity index (χ1) is 6.74. The fraction of sp³-hybridized carbons (Fsp3) is 0.500. The monoisotopic (exact) mass is 210 g/mol. The van der Waals surface area contributed by atoms with Crippen molar-refractivity contribution in [2.45, 2.75) is 38.2 Å². The number of hydrogen-bond acceptors (Lipinski definition) is 2. The van der Waals surface area contributed by atoms with Gasteiger partial charge < -0.3 is 4.74 Å². The minimum Gasteiger partial charge on any atom is -0.490 e. The smallest absolute Gasteiger partial charge is 0.133 e. The van der Waals surface area contributed by atoms with Gasteiger partial charge in [0.2, 0.25) is 0 Å². The van der Waals surface area contributed by atoms with Gasteiger partial charge in [0, 0.05) is 4.90 Å². The first-order valence-electron chi connectivity index (χ1n) is 5.12. The summed E-state index contributed by atoms with van der Waals surface area (Å²) in [7, 11) is 0. The van der Waals surface area contributed by atoms with Crippen molar-refractivity contribution < 1.29 is 4.74 Å². The molecule has 0 aliphatic heterocycles. The van der Waals surface area contributed by atoms with Crippen LogP contribution >= 0.6 is 11.8 Å². The van der Waals surface area contributed by atoms with E-state index >= 15 is 0 Å². The fourth-order valence-corrected chi connectivity index (χ4v) is 1.99. The Morgan fingerprint density at radius 1 is 1.29 bits per heavy atom. The second-order valence-corrected chi connectivity index (χ2v) is 4.60. The van der Waals surface area contributed by atoms with Crippen molar-refractivity contribution >= 4 is 11.8 Å². The van der Waals surface area contributed by atoms with Crippen LogP contribution < -0.4 is 4.74 Å². The van der Waals surface area contributed by atoms with E-state index < -0.39 is 0 Å². The molecule has 1 rings (SSSR count). The highest BCUT2D eigenvalue weighted by atomic mass is 32.2. The largest absolute Gasteiger partial charge is 0.490 e. The van der Waals surface area contributed by atoms with E-state index in [0.717, 1.165) is 11.5 Å². The van der Waals surface area contributed by atoms with Crippen LogP contribution in [-0.2, 0) is 0 Å². The predicted octanol–water partition coefficient (Wildman–Crippen LogP) is 3.98. The van der Waals surface area contributed by atoms with Crippen LogP contribution in [0.15, 0.2) is 29.2 Å². The molecule has 0 aliphatic carbocycles. The van der Waals surface area contributed by atoms with E-state index in [4.69, 9.17) is 4.74 Å². The Morgan fingerprint density at radius 3 is 2.64 bits per heavy atom. The highest BCUT2D eigenvalue weighted by molar-refractivity contribution is 7.99. The minimum absolute atomic E-state index is 0.248. The first kappa shape index (κ1) is 11.4. The number of benzene rings is 1. The highest BCUT2D eigenvalue weighted by Crippen LogP contribution is 2.29. The summed E-state index contributed by atoms with van der Waals surface area (Å²) in [5.41, 5.74) is 0. The summed E-state index contributed by atoms with van der Waals surface area (Å²) in [5, 5.41) is 0. The molecule has 0 atom stereocenters. The molecule has 0 saturated carbocycles. The van der Waals surface area contributed by atoms with Crippen molar-refractivity contribution in [2.75, 3.05) is 5.75 Å². The molecule has 78 valence electrons. The second kappa shape index (κ2) is 5.97. The normalized spacial score (nSPS) is 10.6. The molecule has 0 aromatic heterocycles. The summed E-state index contributed by atoms with van der Waals surface area (Å²) in [6.45, 7) is 6.31. The van der Waals surface area contributed by atoms with Crippen LogP contribution in [0.3, 0.4) is 0 Å². The van der Waals surface area contributed by atoms with E-state index in [1.807, 2.05) is 23.9 Å². The van der Waals surface area contributed by atoms with Crippen molar-refractivity contribution in [1.82, 2.24) is 0 Å². The maximum atomic E-state index is 5.72. The number of ether oxygens (including phenoxy) is 1. The molecule has 0 N–H and O–H groups in total. The van der Waals surface area contributed by atoms with Crippen molar-refractivity contribution in [3.63, 3.8) is 0 Å². The van der Waals surface area contributed by atoms with Crippen LogP contribution in [0.25, 0.3) is 0 Å². The van der Waals surface area contributed by atoms with Gasteiger partial charge in [-0.15, -0.1) is 11.8 Å². The van der Waals surface area contributed by atoms with Crippen LogP contribution in [0.2, 0.25) is 0 Å². The second-order valence-electron chi connectivity index (χ2n) is 3.46. The van der Waals surface area contributed by atoms with E-state index in [9.17, 15) is 0 Å². The lowest BCUT2D eigenvalue weighted by molar-refractivity contribution is 0.236. The maximum Gasteiger partial charge on any atom is 0.133 e. The van der Waals surface area contributed by atoms with E-state index in [-0.39, 0.29) is 6.10 Å². The molecule has 0 fully saturated rings. The number of para-hydroxylation sites is 1. The van der Waals surface area contributed by atoms with E-state index in [1.54, 1.807) is 0 Å². The Morgan fingerprint density at radius 2 is 2.00 bits per heavy atom. The van der Waals surface area contributed by atoms with Gasteiger partial charge in [-0.3, -0.25) is 0 Å². The molecule has 0 aliphatic rings. The zero-order valence-electron chi connectivity index (χ0n) is 9.12. The van der Waals surface area contributed by atoms with Crippen LogP contribution in [-0.4, -0.2) is 11.9 Å². The molecule has 0 heterocycles. The van der Waals surface area contributed by atoms with Gasteiger partial charge in [-0.1, -0.05) is 19.1 Å². The topological polar surface area (TPSA) is 9.23 Å². The van der Waals surface area contributed by atoms with Crippen LogP contribution in [0.4, 0.5) is 0 Å². The minimum atomic E-state index is 0.248. The third-order valence-electron chi connectivity index (χ3n) is 1.67. The molecule has 0 bridgehead atoms. The van der Waals surface area contributed by atoms with Gasteiger partial charge in [0.15, 0.2) is 0 Å². The molecule has 0 unspecified atom stereocenters. The molecule has 0 saturated heterocycles. The van der Waals surface area contributed by atoms with Crippen LogP contribution in [0.5, 0.6) is 5.75 Å². The lowest BCUT2D eigenvalue weighted by atomic mass is 10.3. The zero-order chi connectivity index (χ0) is 10.4. The number of hydrogen-bond donors (Lipinski definition) is 0. The summed E-state index contributed by atoms with van der Waals surface area (Å²) in [4.78, 5) is 1.25. The molecule has 0 radical (unpaired) electrons. The highest BCUT2D eigenvalue weighted by Gasteiger charge is 2.04. The Balaban J connectivity index is 2.69. The summed E-state index contributed by atoms with van der Waals surface area (Å²) >= 11 is 1.86. The van der Waals surface area contributed by atoms with Gasteiger partial charge >= 0.3 is 0 Å². The van der Waals surface area contributed by atoms with Gasteiger partial charge in [-0.05, 0) is 38.2 Å². The predicted molar refractivity (Wildman–Crippen MR) is 63.2 cm³/mol. The lowest BCUT2D eigenvalue weighted by Gasteiger charge is -2.13. The Bertz CT molecular complexity index is 271. The van der Waals surface area contributed by atoms with Crippen LogP contribution in [0, 0.1) is 0 Å². The maximum absolute atomic E-state index is 5.72. The van der Waals surface area contributed by atoms with Gasteiger partial charge in [-0.25, -0.2) is 0 Å². The summed E-state index contributed by atoms with van der Waals surface area (Å²) < 4.78 is 5.72. The summed E-state index contributed by atoms with van der Waals surface area (Å²) in [6.07, 6.45) is 1.44. The van der Waals surface area contributed by atoms with Gasteiger partial charge in [0.1, 0.15) is 5.75 Å². The Kier molecular flexibility index (Phi) is 4.88. The zero-order valence-corrected chi connectivity index (χ0v) is 9.93.